The Bertz CT molecular complexity index is 629. The molecule has 136 valence electrons. The molecule has 1 unspecified atom stereocenters. The van der Waals surface area contributed by atoms with E-state index in [0.29, 0.717) is 32.0 Å². The van der Waals surface area contributed by atoms with E-state index >= 15 is 0 Å². The number of nitrogens with zero attached hydrogens (tertiary/aromatic N) is 1. The lowest BCUT2D eigenvalue weighted by molar-refractivity contribution is 0.584. The van der Waals surface area contributed by atoms with Crippen LogP contribution in [0.3, 0.4) is 0 Å². The van der Waals surface area contributed by atoms with Crippen LogP contribution in [0.1, 0.15) is 37.3 Å². The van der Waals surface area contributed by atoms with Gasteiger partial charge in [0, 0.05) is 32.1 Å². The van der Waals surface area contributed by atoms with Crippen LogP contribution in [0, 0.1) is 6.92 Å². The highest BCUT2D eigenvalue weighted by Crippen LogP contribution is 2.16. The first-order chi connectivity index (χ1) is 11.3. The predicted octanol–water partition coefficient (Wildman–Crippen LogP) is 1.59. The van der Waals surface area contributed by atoms with Gasteiger partial charge in [0.05, 0.1) is 6.26 Å². The molecule has 0 aliphatic heterocycles. The molecule has 1 atom stereocenters. The van der Waals surface area contributed by atoms with Crippen molar-refractivity contribution in [2.45, 2.75) is 33.1 Å². The number of rotatable bonds is 9. The van der Waals surface area contributed by atoms with Crippen LogP contribution in [0.25, 0.3) is 0 Å². The van der Waals surface area contributed by atoms with Crippen molar-refractivity contribution in [3.63, 3.8) is 0 Å². The highest BCUT2D eigenvalue weighted by Gasteiger charge is 2.06. The van der Waals surface area contributed by atoms with Crippen molar-refractivity contribution in [2.75, 3.05) is 32.4 Å². The molecule has 0 spiro atoms. The number of hydrogen-bond donors (Lipinski definition) is 3. The van der Waals surface area contributed by atoms with E-state index in [0.717, 1.165) is 12.5 Å². The summed E-state index contributed by atoms with van der Waals surface area (Å²) in [5.41, 5.74) is 2.54. The Morgan fingerprint density at radius 1 is 1.25 bits per heavy atom. The Hall–Kier alpha value is -1.60. The van der Waals surface area contributed by atoms with Gasteiger partial charge in [-0.15, -0.1) is 0 Å². The highest BCUT2D eigenvalue weighted by atomic mass is 32.2. The molecular weight excluding hydrogens is 324 g/mol. The largest absolute Gasteiger partial charge is 0.357 e. The number of aryl methyl sites for hydroxylation is 1. The van der Waals surface area contributed by atoms with E-state index in [1.165, 1.54) is 17.4 Å². The van der Waals surface area contributed by atoms with Gasteiger partial charge in [-0.25, -0.2) is 13.1 Å². The van der Waals surface area contributed by atoms with E-state index in [2.05, 4.69) is 58.5 Å². The standard InChI is InChI=1S/C17H30N4O2S/c1-5-18-17(19-10-7-11-21-24(4,22)23)20-13-15(3)16-9-6-8-14(2)12-16/h6,8-9,12,15,21H,5,7,10-11,13H2,1-4H3,(H2,18,19,20). The van der Waals surface area contributed by atoms with Gasteiger partial charge < -0.3 is 10.6 Å². The van der Waals surface area contributed by atoms with Gasteiger partial charge in [0.15, 0.2) is 5.96 Å². The van der Waals surface area contributed by atoms with Crippen molar-refractivity contribution < 1.29 is 8.42 Å². The number of nitrogens with one attached hydrogen (secondary N) is 3. The molecule has 1 aromatic carbocycles. The van der Waals surface area contributed by atoms with Crippen LogP contribution in [-0.4, -0.2) is 46.8 Å². The fourth-order valence-electron chi connectivity index (χ4n) is 2.20. The lowest BCUT2D eigenvalue weighted by atomic mass is 10.00. The number of benzene rings is 1. The zero-order chi connectivity index (χ0) is 18.0. The minimum atomic E-state index is -3.11. The predicted molar refractivity (Wildman–Crippen MR) is 101 cm³/mol. The van der Waals surface area contributed by atoms with Crippen LogP contribution in [0.2, 0.25) is 0 Å². The number of aliphatic imine (C=N–C) groups is 1. The fourth-order valence-corrected chi connectivity index (χ4v) is 2.72. The molecule has 0 saturated carbocycles. The average Bonchev–Trinajstić information content (AvgIpc) is 2.50. The summed E-state index contributed by atoms with van der Waals surface area (Å²) in [6.07, 6.45) is 1.86. The Morgan fingerprint density at radius 3 is 2.62 bits per heavy atom. The SMILES string of the molecule is CCNC(=NCC(C)c1cccc(C)c1)NCCCNS(C)(=O)=O. The van der Waals surface area contributed by atoms with Crippen molar-refractivity contribution in [1.29, 1.82) is 0 Å². The zero-order valence-electron chi connectivity index (χ0n) is 15.1. The summed E-state index contributed by atoms with van der Waals surface area (Å²) in [5.74, 6) is 1.10. The second-order valence-corrected chi connectivity index (χ2v) is 7.81. The number of hydrogen-bond acceptors (Lipinski definition) is 3. The maximum Gasteiger partial charge on any atom is 0.208 e. The van der Waals surface area contributed by atoms with Crippen LogP contribution < -0.4 is 15.4 Å². The molecule has 0 amide bonds. The van der Waals surface area contributed by atoms with Crippen LogP contribution in [0.4, 0.5) is 0 Å². The van der Waals surface area contributed by atoms with Gasteiger partial charge in [0.25, 0.3) is 0 Å². The molecule has 0 aliphatic carbocycles. The van der Waals surface area contributed by atoms with Crippen molar-refractivity contribution in [3.8, 4) is 0 Å². The molecular formula is C17H30N4O2S. The Labute approximate surface area is 146 Å². The third-order valence-electron chi connectivity index (χ3n) is 3.49. The Kier molecular flexibility index (Phi) is 8.78. The maximum atomic E-state index is 11.0. The second-order valence-electron chi connectivity index (χ2n) is 5.98. The first kappa shape index (κ1) is 20.4. The van der Waals surface area contributed by atoms with Crippen LogP contribution in [0.5, 0.6) is 0 Å². The number of guanidine groups is 1. The molecule has 0 aromatic heterocycles. The van der Waals surface area contributed by atoms with Crippen molar-refractivity contribution in [2.24, 2.45) is 4.99 Å². The normalized spacial score (nSPS) is 13.6. The summed E-state index contributed by atoms with van der Waals surface area (Å²) < 4.78 is 24.5. The minimum Gasteiger partial charge on any atom is -0.357 e. The van der Waals surface area contributed by atoms with Gasteiger partial charge >= 0.3 is 0 Å². The Morgan fingerprint density at radius 2 is 2.00 bits per heavy atom. The molecule has 0 heterocycles. The topological polar surface area (TPSA) is 82.6 Å². The molecule has 0 saturated heterocycles. The van der Waals surface area contributed by atoms with Gasteiger partial charge in [0.2, 0.25) is 10.0 Å². The molecule has 24 heavy (non-hydrogen) atoms. The summed E-state index contributed by atoms with van der Waals surface area (Å²) in [6.45, 7) is 8.84. The summed E-state index contributed by atoms with van der Waals surface area (Å²) in [5, 5.41) is 6.44. The van der Waals surface area contributed by atoms with Crippen LogP contribution in [-0.2, 0) is 10.0 Å². The van der Waals surface area contributed by atoms with E-state index < -0.39 is 10.0 Å². The third kappa shape index (κ3) is 8.88. The van der Waals surface area contributed by atoms with E-state index in [-0.39, 0.29) is 0 Å². The first-order valence-corrected chi connectivity index (χ1v) is 10.2. The lowest BCUT2D eigenvalue weighted by Gasteiger charge is -2.14. The van der Waals surface area contributed by atoms with Gasteiger partial charge in [0.1, 0.15) is 0 Å². The zero-order valence-corrected chi connectivity index (χ0v) is 15.9. The van der Waals surface area contributed by atoms with Crippen molar-refractivity contribution in [3.05, 3.63) is 35.4 Å². The summed E-state index contributed by atoms with van der Waals surface area (Å²) in [6, 6.07) is 8.49. The average molecular weight is 355 g/mol. The Balaban J connectivity index is 2.47. The van der Waals surface area contributed by atoms with Crippen LogP contribution in [0.15, 0.2) is 29.3 Å². The molecule has 0 bridgehead atoms. The van der Waals surface area contributed by atoms with E-state index in [1.807, 2.05) is 6.92 Å². The lowest BCUT2D eigenvalue weighted by Crippen LogP contribution is -2.39. The van der Waals surface area contributed by atoms with Crippen molar-refractivity contribution in [1.82, 2.24) is 15.4 Å². The third-order valence-corrected chi connectivity index (χ3v) is 4.22. The summed E-state index contributed by atoms with van der Waals surface area (Å²) >= 11 is 0. The molecule has 3 N–H and O–H groups in total. The molecule has 1 rings (SSSR count). The highest BCUT2D eigenvalue weighted by molar-refractivity contribution is 7.88. The summed E-state index contributed by atoms with van der Waals surface area (Å²) in [7, 11) is -3.11. The van der Waals surface area contributed by atoms with Gasteiger partial charge in [-0.05, 0) is 25.8 Å². The molecule has 6 nitrogen and oxygen atoms in total. The summed E-state index contributed by atoms with van der Waals surface area (Å²) in [4.78, 5) is 4.62. The molecule has 1 aromatic rings. The molecule has 0 fully saturated rings. The first-order valence-electron chi connectivity index (χ1n) is 8.35. The van der Waals surface area contributed by atoms with Crippen molar-refractivity contribution >= 4 is 16.0 Å². The van der Waals surface area contributed by atoms with Gasteiger partial charge in [-0.3, -0.25) is 4.99 Å². The molecule has 0 radical (unpaired) electrons. The monoisotopic (exact) mass is 354 g/mol. The quantitative estimate of drug-likeness (QED) is 0.357. The smallest absolute Gasteiger partial charge is 0.208 e. The van der Waals surface area contributed by atoms with Gasteiger partial charge in [-0.1, -0.05) is 36.8 Å². The van der Waals surface area contributed by atoms with E-state index in [9.17, 15) is 8.42 Å². The molecule has 7 heteroatoms. The second kappa shape index (κ2) is 10.3. The number of sulfonamides is 1. The maximum absolute atomic E-state index is 11.0. The minimum absolute atomic E-state index is 0.340. The van der Waals surface area contributed by atoms with E-state index in [4.69, 9.17) is 0 Å². The van der Waals surface area contributed by atoms with Crippen LogP contribution >= 0.6 is 0 Å². The van der Waals surface area contributed by atoms with Gasteiger partial charge in [-0.2, -0.15) is 0 Å². The fraction of sp³-hybridized carbons (Fsp3) is 0.588. The van der Waals surface area contributed by atoms with E-state index in [1.54, 1.807) is 0 Å². The molecule has 0 aliphatic rings.